The third kappa shape index (κ3) is 4.09. The van der Waals surface area contributed by atoms with Gasteiger partial charge in [0.1, 0.15) is 29.1 Å². The van der Waals surface area contributed by atoms with Crippen LogP contribution in [0.15, 0.2) is 64.8 Å². The molecule has 1 atom stereocenters. The number of methoxy groups -OCH3 is 1. The zero-order valence-corrected chi connectivity index (χ0v) is 19.5. The Bertz CT molecular complexity index is 1260. The number of carbonyl (C=O) groups excluding carboxylic acids is 2. The van der Waals surface area contributed by atoms with Gasteiger partial charge in [0.2, 0.25) is 0 Å². The van der Waals surface area contributed by atoms with Crippen molar-refractivity contribution in [3.63, 3.8) is 0 Å². The zero-order valence-electron chi connectivity index (χ0n) is 19.5. The fourth-order valence-electron chi connectivity index (χ4n) is 4.30. The molecule has 1 aromatic heterocycles. The second-order valence-corrected chi connectivity index (χ2v) is 8.63. The Morgan fingerprint density at radius 2 is 1.88 bits per heavy atom. The predicted octanol–water partition coefficient (Wildman–Crippen LogP) is 5.48. The summed E-state index contributed by atoms with van der Waals surface area (Å²) in [4.78, 5) is 27.6. The Morgan fingerprint density at radius 1 is 1.18 bits per heavy atom. The van der Waals surface area contributed by atoms with Crippen LogP contribution in [-0.2, 0) is 16.1 Å². The normalized spacial score (nSPS) is 17.6. The van der Waals surface area contributed by atoms with Gasteiger partial charge >= 0.3 is 0 Å². The number of halogens is 1. The van der Waals surface area contributed by atoms with Crippen molar-refractivity contribution in [3.8, 4) is 5.75 Å². The van der Waals surface area contributed by atoms with Crippen LogP contribution >= 0.6 is 0 Å². The van der Waals surface area contributed by atoms with Crippen molar-refractivity contribution in [2.75, 3.05) is 7.11 Å². The van der Waals surface area contributed by atoms with E-state index >= 15 is 0 Å². The number of aliphatic hydroxyl groups excluding tert-OH is 1. The molecule has 0 radical (unpaired) electrons. The molecule has 3 aromatic rings. The monoisotopic (exact) mass is 463 g/mol. The molecule has 34 heavy (non-hydrogen) atoms. The summed E-state index contributed by atoms with van der Waals surface area (Å²) in [6.07, 6.45) is 1.45. The van der Waals surface area contributed by atoms with Crippen molar-refractivity contribution in [1.82, 2.24) is 4.90 Å². The topological polar surface area (TPSA) is 80.0 Å². The van der Waals surface area contributed by atoms with Crippen LogP contribution in [0, 0.1) is 12.7 Å². The highest BCUT2D eigenvalue weighted by atomic mass is 19.1. The number of aryl methyl sites for hydroxylation is 1. The Hall–Kier alpha value is -3.87. The van der Waals surface area contributed by atoms with Crippen LogP contribution in [0.4, 0.5) is 4.39 Å². The summed E-state index contributed by atoms with van der Waals surface area (Å²) in [5.41, 5.74) is 2.60. The number of carbonyl (C=O) groups is 2. The second kappa shape index (κ2) is 9.17. The lowest BCUT2D eigenvalue weighted by atomic mass is 9.92. The van der Waals surface area contributed by atoms with Crippen LogP contribution in [0.2, 0.25) is 0 Å². The third-order valence-corrected chi connectivity index (χ3v) is 6.07. The highest BCUT2D eigenvalue weighted by Crippen LogP contribution is 2.42. The molecular formula is C27H26FNO5. The van der Waals surface area contributed by atoms with E-state index in [2.05, 4.69) is 0 Å². The molecule has 0 bridgehead atoms. The molecule has 176 valence electrons. The number of benzene rings is 2. The number of rotatable bonds is 6. The van der Waals surface area contributed by atoms with Crippen LogP contribution in [-0.4, -0.2) is 28.8 Å². The summed E-state index contributed by atoms with van der Waals surface area (Å²) in [6, 6.07) is 11.7. The van der Waals surface area contributed by atoms with Gasteiger partial charge in [-0.05, 0) is 65.9 Å². The lowest BCUT2D eigenvalue weighted by Crippen LogP contribution is -2.29. The number of nitrogens with zero attached hydrogens (tertiary/aromatic N) is 1. The van der Waals surface area contributed by atoms with Crippen molar-refractivity contribution < 1.29 is 28.2 Å². The minimum Gasteiger partial charge on any atom is -0.507 e. The van der Waals surface area contributed by atoms with Crippen molar-refractivity contribution in [2.45, 2.75) is 39.3 Å². The highest BCUT2D eigenvalue weighted by molar-refractivity contribution is 6.46. The number of aliphatic hydroxyl groups is 1. The molecule has 4 rings (SSSR count). The van der Waals surface area contributed by atoms with E-state index in [9.17, 15) is 19.1 Å². The average Bonchev–Trinajstić information content (AvgIpc) is 3.42. The molecule has 1 amide bonds. The summed E-state index contributed by atoms with van der Waals surface area (Å²) in [7, 11) is 1.58. The van der Waals surface area contributed by atoms with E-state index < -0.39 is 23.5 Å². The van der Waals surface area contributed by atoms with E-state index in [0.29, 0.717) is 28.2 Å². The minimum absolute atomic E-state index is 0.0475. The van der Waals surface area contributed by atoms with Gasteiger partial charge in [0.05, 0.1) is 18.9 Å². The molecule has 0 aliphatic carbocycles. The maximum Gasteiger partial charge on any atom is 0.296 e. The van der Waals surface area contributed by atoms with Crippen molar-refractivity contribution in [2.24, 2.45) is 0 Å². The number of hydrogen-bond donors (Lipinski definition) is 1. The lowest BCUT2D eigenvalue weighted by molar-refractivity contribution is -0.140. The standard InChI is InChI=1S/C27H26FNO5/c1-15(2)19-13-20(16(3)12-22(19)33-4)25(30)23-24(21-6-5-11-34-21)29(27(32)26(23)31)14-17-7-9-18(28)10-8-17/h5-13,15,24,30H,14H2,1-4H3/b25-23+. The number of Topliss-reactive ketones (excluding diaryl/α,β-unsaturated/α-hetero) is 1. The van der Waals surface area contributed by atoms with Gasteiger partial charge in [-0.25, -0.2) is 4.39 Å². The Kier molecular flexibility index (Phi) is 6.28. The molecule has 1 N–H and O–H groups in total. The maximum absolute atomic E-state index is 13.4. The molecule has 2 heterocycles. The summed E-state index contributed by atoms with van der Waals surface area (Å²) < 4.78 is 24.4. The summed E-state index contributed by atoms with van der Waals surface area (Å²) >= 11 is 0. The zero-order chi connectivity index (χ0) is 24.6. The van der Waals surface area contributed by atoms with Crippen molar-refractivity contribution in [1.29, 1.82) is 0 Å². The first-order valence-corrected chi connectivity index (χ1v) is 11.0. The van der Waals surface area contributed by atoms with Crippen LogP contribution in [0.5, 0.6) is 5.75 Å². The second-order valence-electron chi connectivity index (χ2n) is 8.63. The lowest BCUT2D eigenvalue weighted by Gasteiger charge is -2.23. The molecule has 1 aliphatic heterocycles. The van der Waals surface area contributed by atoms with Gasteiger partial charge in [-0.15, -0.1) is 0 Å². The molecule has 1 fully saturated rings. The first kappa shape index (κ1) is 23.3. The summed E-state index contributed by atoms with van der Waals surface area (Å²) in [6.45, 7) is 5.85. The number of furan rings is 1. The quantitative estimate of drug-likeness (QED) is 0.297. The molecule has 1 unspecified atom stereocenters. The van der Waals surface area contributed by atoms with Crippen molar-refractivity contribution >= 4 is 17.4 Å². The van der Waals surface area contributed by atoms with Crippen LogP contribution in [0.3, 0.4) is 0 Å². The molecule has 0 saturated carbocycles. The van der Waals surface area contributed by atoms with Crippen molar-refractivity contribution in [3.05, 3.63) is 94.2 Å². The van der Waals surface area contributed by atoms with E-state index in [1.165, 1.54) is 23.3 Å². The summed E-state index contributed by atoms with van der Waals surface area (Å²) in [5, 5.41) is 11.4. The average molecular weight is 464 g/mol. The number of hydrogen-bond acceptors (Lipinski definition) is 5. The first-order valence-electron chi connectivity index (χ1n) is 11.0. The third-order valence-electron chi connectivity index (χ3n) is 6.07. The smallest absolute Gasteiger partial charge is 0.296 e. The molecular weight excluding hydrogens is 437 g/mol. The van der Waals surface area contributed by atoms with E-state index in [-0.39, 0.29) is 23.8 Å². The Balaban J connectivity index is 1.87. The van der Waals surface area contributed by atoms with Gasteiger partial charge in [0.15, 0.2) is 0 Å². The summed E-state index contributed by atoms with van der Waals surface area (Å²) in [5.74, 6) is -1.11. The largest absolute Gasteiger partial charge is 0.507 e. The molecule has 7 heteroatoms. The van der Waals surface area contributed by atoms with Gasteiger partial charge < -0.3 is 19.2 Å². The van der Waals surface area contributed by atoms with Crippen LogP contribution < -0.4 is 4.74 Å². The SMILES string of the molecule is COc1cc(C)c(/C(O)=C2\C(=O)C(=O)N(Cc3ccc(F)cc3)C2c2ccco2)cc1C(C)C. The number of likely N-dealkylation sites (tertiary alicyclic amines) is 1. The first-order chi connectivity index (χ1) is 16.2. The number of ether oxygens (including phenoxy) is 1. The predicted molar refractivity (Wildman–Crippen MR) is 125 cm³/mol. The van der Waals surface area contributed by atoms with Gasteiger partial charge in [-0.2, -0.15) is 0 Å². The molecule has 2 aromatic carbocycles. The van der Waals surface area contributed by atoms with Crippen LogP contribution in [0.1, 0.15) is 53.8 Å². The van der Waals surface area contributed by atoms with E-state index in [4.69, 9.17) is 9.15 Å². The minimum atomic E-state index is -0.927. The molecule has 1 saturated heterocycles. The Morgan fingerprint density at radius 3 is 2.47 bits per heavy atom. The number of amides is 1. The van der Waals surface area contributed by atoms with Gasteiger partial charge in [-0.1, -0.05) is 26.0 Å². The fourth-order valence-corrected chi connectivity index (χ4v) is 4.30. The van der Waals surface area contributed by atoms with E-state index in [0.717, 1.165) is 5.56 Å². The fraction of sp³-hybridized carbons (Fsp3) is 0.259. The van der Waals surface area contributed by atoms with Gasteiger partial charge in [-0.3, -0.25) is 9.59 Å². The van der Waals surface area contributed by atoms with Gasteiger partial charge in [0.25, 0.3) is 11.7 Å². The van der Waals surface area contributed by atoms with Crippen LogP contribution in [0.25, 0.3) is 5.76 Å². The van der Waals surface area contributed by atoms with E-state index in [1.807, 2.05) is 13.8 Å². The maximum atomic E-state index is 13.4. The Labute approximate surface area is 197 Å². The highest BCUT2D eigenvalue weighted by Gasteiger charge is 2.47. The molecule has 6 nitrogen and oxygen atoms in total. The molecule has 0 spiro atoms. The van der Waals surface area contributed by atoms with Gasteiger partial charge in [0, 0.05) is 12.1 Å². The van der Waals surface area contributed by atoms with E-state index in [1.54, 1.807) is 50.4 Å². The molecule has 1 aliphatic rings. The number of ketones is 1.